The zero-order valence-corrected chi connectivity index (χ0v) is 17.4. The van der Waals surface area contributed by atoms with Crippen LogP contribution in [0.5, 0.6) is 0 Å². The van der Waals surface area contributed by atoms with E-state index in [1.807, 2.05) is 65.4 Å². The number of amides is 1. The maximum absolute atomic E-state index is 13.1. The molecule has 0 saturated carbocycles. The van der Waals surface area contributed by atoms with Gasteiger partial charge in [-0.3, -0.25) is 9.36 Å². The van der Waals surface area contributed by atoms with Gasteiger partial charge in [-0.2, -0.15) is 5.10 Å². The molecule has 1 aliphatic rings. The molecule has 29 heavy (non-hydrogen) atoms. The molecule has 0 radical (unpaired) electrons. The Bertz CT molecular complexity index is 968. The van der Waals surface area contributed by atoms with Crippen LogP contribution in [0.1, 0.15) is 23.2 Å². The Morgan fingerprint density at radius 2 is 2.00 bits per heavy atom. The van der Waals surface area contributed by atoms with Crippen LogP contribution in [0, 0.1) is 0 Å². The van der Waals surface area contributed by atoms with Crippen molar-refractivity contribution in [3.05, 3.63) is 60.6 Å². The molecule has 0 unspecified atom stereocenters. The molecule has 0 spiro atoms. The summed E-state index contributed by atoms with van der Waals surface area (Å²) >= 11 is 1.58. The third-order valence-corrected chi connectivity index (χ3v) is 6.05. The smallest absolute Gasteiger partial charge is 0.253 e. The molecule has 3 heterocycles. The van der Waals surface area contributed by atoms with Crippen molar-refractivity contribution in [1.82, 2.24) is 24.6 Å². The van der Waals surface area contributed by atoms with Crippen LogP contribution in [0.25, 0.3) is 5.69 Å². The van der Waals surface area contributed by atoms with Crippen LogP contribution in [-0.2, 0) is 0 Å². The maximum atomic E-state index is 13.1. The van der Waals surface area contributed by atoms with Crippen LogP contribution in [-0.4, -0.2) is 63.0 Å². The van der Waals surface area contributed by atoms with E-state index in [9.17, 15) is 4.79 Å². The van der Waals surface area contributed by atoms with Crippen LogP contribution in [0.4, 0.5) is 5.82 Å². The summed E-state index contributed by atoms with van der Waals surface area (Å²) in [7, 11) is 2.05. The van der Waals surface area contributed by atoms with Gasteiger partial charge in [-0.25, -0.2) is 4.98 Å². The molecule has 3 aromatic rings. The average Bonchev–Trinajstić information content (AvgIpc) is 3.28. The summed E-state index contributed by atoms with van der Waals surface area (Å²) in [5, 5.41) is 9.06. The van der Waals surface area contributed by atoms with E-state index in [0.29, 0.717) is 11.6 Å². The minimum Gasteiger partial charge on any atom is -0.355 e. The molecule has 1 amide bonds. The normalized spacial score (nSPS) is 14.8. The van der Waals surface area contributed by atoms with E-state index in [0.717, 1.165) is 42.6 Å². The molecule has 7 nitrogen and oxygen atoms in total. The minimum absolute atomic E-state index is 0.0817. The molecule has 0 bridgehead atoms. The van der Waals surface area contributed by atoms with Gasteiger partial charge in [-0.05, 0) is 49.4 Å². The average molecular weight is 409 g/mol. The monoisotopic (exact) mass is 408 g/mol. The van der Waals surface area contributed by atoms with Gasteiger partial charge in [-0.1, -0.05) is 17.8 Å². The number of hydrogen-bond donors (Lipinski definition) is 0. The largest absolute Gasteiger partial charge is 0.355 e. The number of likely N-dealkylation sites (tertiary alicyclic amines) is 1. The molecule has 1 aliphatic heterocycles. The molecule has 8 heteroatoms. The number of thioether (sulfide) groups is 1. The fourth-order valence-corrected chi connectivity index (χ4v) is 4.26. The summed E-state index contributed by atoms with van der Waals surface area (Å²) in [6.45, 7) is 1.47. The number of imidazole rings is 1. The summed E-state index contributed by atoms with van der Waals surface area (Å²) in [6.07, 6.45) is 9.20. The van der Waals surface area contributed by atoms with Gasteiger partial charge in [-0.15, -0.1) is 5.10 Å². The topological polar surface area (TPSA) is 67.2 Å². The standard InChI is InChI=1S/C21H24N6OS/c1-25(19-7-4-10-23-24-19)17-8-12-26(13-9-17)20(28)16-5-3-6-18(15-16)27-14-11-22-21(27)29-2/h3-7,10-11,14-15,17H,8-9,12-13H2,1-2H3. The molecule has 0 N–H and O–H groups in total. The lowest BCUT2D eigenvalue weighted by atomic mass is 10.0. The lowest BCUT2D eigenvalue weighted by Gasteiger charge is -2.37. The molecular weight excluding hydrogens is 384 g/mol. The van der Waals surface area contributed by atoms with Gasteiger partial charge in [0.15, 0.2) is 11.0 Å². The van der Waals surface area contributed by atoms with Crippen molar-refractivity contribution in [2.45, 2.75) is 24.0 Å². The Kier molecular flexibility index (Phi) is 5.80. The summed E-state index contributed by atoms with van der Waals surface area (Å²) in [5.41, 5.74) is 1.67. The zero-order valence-electron chi connectivity index (χ0n) is 16.6. The molecule has 0 aliphatic carbocycles. The minimum atomic E-state index is 0.0817. The number of nitrogens with zero attached hydrogens (tertiary/aromatic N) is 6. The van der Waals surface area contributed by atoms with Crippen LogP contribution < -0.4 is 4.90 Å². The second-order valence-corrected chi connectivity index (χ2v) is 7.82. The van der Waals surface area contributed by atoms with Gasteiger partial charge in [0.25, 0.3) is 5.91 Å². The molecular formula is C21H24N6OS. The van der Waals surface area contributed by atoms with Crippen molar-refractivity contribution >= 4 is 23.5 Å². The SMILES string of the molecule is CSc1nccn1-c1cccc(C(=O)N2CCC(N(C)c3cccnn3)CC2)c1. The number of carbonyl (C=O) groups is 1. The first kappa shape index (κ1) is 19.4. The first-order chi connectivity index (χ1) is 14.2. The molecule has 1 fully saturated rings. The molecule has 150 valence electrons. The van der Waals surface area contributed by atoms with Crippen LogP contribution >= 0.6 is 11.8 Å². The van der Waals surface area contributed by atoms with Crippen molar-refractivity contribution in [2.24, 2.45) is 0 Å². The van der Waals surface area contributed by atoms with Crippen molar-refractivity contribution in [3.8, 4) is 5.69 Å². The highest BCUT2D eigenvalue weighted by molar-refractivity contribution is 7.98. The number of aromatic nitrogens is 4. The van der Waals surface area contributed by atoms with Crippen molar-refractivity contribution < 1.29 is 4.79 Å². The highest BCUT2D eigenvalue weighted by Gasteiger charge is 2.26. The molecule has 0 atom stereocenters. The van der Waals surface area contributed by atoms with Crippen LogP contribution in [0.3, 0.4) is 0 Å². The number of piperidine rings is 1. The lowest BCUT2D eigenvalue weighted by Crippen LogP contribution is -2.45. The van der Waals surface area contributed by atoms with E-state index in [1.54, 1.807) is 24.2 Å². The highest BCUT2D eigenvalue weighted by atomic mass is 32.2. The van der Waals surface area contributed by atoms with Gasteiger partial charge < -0.3 is 9.80 Å². The number of carbonyl (C=O) groups excluding carboxylic acids is 1. The van der Waals surface area contributed by atoms with E-state index in [4.69, 9.17) is 0 Å². The first-order valence-corrected chi connectivity index (χ1v) is 10.9. The van der Waals surface area contributed by atoms with Gasteiger partial charge in [0.05, 0.1) is 0 Å². The van der Waals surface area contributed by atoms with E-state index in [2.05, 4.69) is 20.1 Å². The number of anilines is 1. The van der Waals surface area contributed by atoms with Gasteiger partial charge in [0.1, 0.15) is 0 Å². The van der Waals surface area contributed by atoms with Crippen LogP contribution in [0.15, 0.2) is 60.1 Å². The molecule has 1 saturated heterocycles. The van der Waals surface area contributed by atoms with Gasteiger partial charge >= 0.3 is 0 Å². The van der Waals surface area contributed by atoms with E-state index in [-0.39, 0.29) is 5.91 Å². The third-order valence-electron chi connectivity index (χ3n) is 5.38. The van der Waals surface area contributed by atoms with Crippen LogP contribution in [0.2, 0.25) is 0 Å². The summed E-state index contributed by atoms with van der Waals surface area (Å²) in [4.78, 5) is 21.5. The van der Waals surface area contributed by atoms with E-state index in [1.165, 1.54) is 0 Å². The fraction of sp³-hybridized carbons (Fsp3) is 0.333. The number of benzene rings is 1. The maximum Gasteiger partial charge on any atom is 0.253 e. The Labute approximate surface area is 174 Å². The molecule has 4 rings (SSSR count). The summed E-state index contributed by atoms with van der Waals surface area (Å²) in [6, 6.07) is 12.0. The Balaban J connectivity index is 1.43. The number of rotatable bonds is 5. The molecule has 2 aromatic heterocycles. The zero-order chi connectivity index (χ0) is 20.2. The predicted octanol–water partition coefficient (Wildman–Crippen LogP) is 3.13. The second kappa shape index (κ2) is 8.65. The first-order valence-electron chi connectivity index (χ1n) is 9.65. The quantitative estimate of drug-likeness (QED) is 0.605. The number of hydrogen-bond acceptors (Lipinski definition) is 6. The lowest BCUT2D eigenvalue weighted by molar-refractivity contribution is 0.0713. The van der Waals surface area contributed by atoms with Crippen molar-refractivity contribution in [2.75, 3.05) is 31.3 Å². The van der Waals surface area contributed by atoms with Gasteiger partial charge in [0, 0.05) is 56.0 Å². The van der Waals surface area contributed by atoms with Crippen molar-refractivity contribution in [1.29, 1.82) is 0 Å². The Morgan fingerprint density at radius 1 is 1.17 bits per heavy atom. The Morgan fingerprint density at radius 3 is 2.72 bits per heavy atom. The molecule has 1 aromatic carbocycles. The van der Waals surface area contributed by atoms with Crippen molar-refractivity contribution in [3.63, 3.8) is 0 Å². The summed E-state index contributed by atoms with van der Waals surface area (Å²) in [5.74, 6) is 0.952. The predicted molar refractivity (Wildman–Crippen MR) is 115 cm³/mol. The van der Waals surface area contributed by atoms with Gasteiger partial charge in [0.2, 0.25) is 0 Å². The van der Waals surface area contributed by atoms with E-state index >= 15 is 0 Å². The Hall–Kier alpha value is -2.87. The highest BCUT2D eigenvalue weighted by Crippen LogP contribution is 2.23. The fourth-order valence-electron chi connectivity index (χ4n) is 3.73. The third kappa shape index (κ3) is 4.12. The second-order valence-electron chi connectivity index (χ2n) is 7.05. The summed E-state index contributed by atoms with van der Waals surface area (Å²) < 4.78 is 2.00. The van der Waals surface area contributed by atoms with E-state index < -0.39 is 0 Å².